The van der Waals surface area contributed by atoms with E-state index in [0.717, 1.165) is 5.69 Å². The number of nitrogens with zero attached hydrogens (tertiary/aromatic N) is 3. The van der Waals surface area contributed by atoms with Crippen molar-refractivity contribution in [3.05, 3.63) is 42.1 Å². The molecule has 1 aromatic heterocycles. The first-order chi connectivity index (χ1) is 8.65. The number of carboxylic acid groups (broad SMARTS) is 1. The summed E-state index contributed by atoms with van der Waals surface area (Å²) in [5, 5.41) is 16.5. The summed E-state index contributed by atoms with van der Waals surface area (Å²) in [5.74, 6) is -0.0407. The van der Waals surface area contributed by atoms with Gasteiger partial charge in [-0.25, -0.2) is 0 Å². The first-order valence-corrected chi connectivity index (χ1v) is 5.46. The lowest BCUT2D eigenvalue weighted by atomic mass is 10.3. The molecule has 0 bridgehead atoms. The molecule has 1 heterocycles. The van der Waals surface area contributed by atoms with E-state index >= 15 is 0 Å². The van der Waals surface area contributed by atoms with Crippen LogP contribution in [-0.4, -0.2) is 27.8 Å². The van der Waals surface area contributed by atoms with Crippen LogP contribution in [0.3, 0.4) is 0 Å². The molecule has 0 aliphatic carbocycles. The minimum Gasteiger partial charge on any atom is -0.480 e. The Morgan fingerprint density at radius 2 is 2.06 bits per heavy atom. The third kappa shape index (κ3) is 3.07. The van der Waals surface area contributed by atoms with Gasteiger partial charge in [-0.05, 0) is 12.1 Å². The van der Waals surface area contributed by atoms with Gasteiger partial charge < -0.3 is 14.4 Å². The van der Waals surface area contributed by atoms with Crippen LogP contribution >= 0.6 is 0 Å². The Balaban J connectivity index is 2.18. The highest BCUT2D eigenvalue weighted by atomic mass is 16.4. The smallest absolute Gasteiger partial charge is 0.323 e. The Hall–Kier alpha value is -2.37. The quantitative estimate of drug-likeness (QED) is 0.861. The van der Waals surface area contributed by atoms with Crippen molar-refractivity contribution in [2.75, 3.05) is 11.4 Å². The molecule has 18 heavy (non-hydrogen) atoms. The summed E-state index contributed by atoms with van der Waals surface area (Å²) in [7, 11) is 0. The number of hydrogen-bond donors (Lipinski definition) is 1. The Morgan fingerprint density at radius 3 is 2.61 bits per heavy atom. The number of aryl methyl sites for hydroxylation is 1. The van der Waals surface area contributed by atoms with Gasteiger partial charge in [-0.2, -0.15) is 0 Å². The highest BCUT2D eigenvalue weighted by molar-refractivity contribution is 5.73. The fourth-order valence-corrected chi connectivity index (χ4v) is 1.61. The highest BCUT2D eigenvalue weighted by Gasteiger charge is 2.14. The van der Waals surface area contributed by atoms with Crippen LogP contribution in [0.15, 0.2) is 34.7 Å². The second-order valence-corrected chi connectivity index (χ2v) is 3.80. The summed E-state index contributed by atoms with van der Waals surface area (Å²) in [4.78, 5) is 12.5. The minimum absolute atomic E-state index is 0.120. The zero-order valence-corrected chi connectivity index (χ0v) is 9.91. The van der Waals surface area contributed by atoms with Gasteiger partial charge in [0.2, 0.25) is 11.8 Å². The molecule has 0 saturated heterocycles. The number of rotatable bonds is 5. The molecule has 1 aromatic carbocycles. The summed E-state index contributed by atoms with van der Waals surface area (Å²) in [6.07, 6.45) is 0. The molecule has 6 nitrogen and oxygen atoms in total. The molecule has 0 unspecified atom stereocenters. The number of aliphatic carboxylic acids is 1. The summed E-state index contributed by atoms with van der Waals surface area (Å²) >= 11 is 0. The first-order valence-electron chi connectivity index (χ1n) is 5.46. The summed E-state index contributed by atoms with van der Waals surface area (Å²) in [5.41, 5.74) is 0.802. The molecular weight excluding hydrogens is 234 g/mol. The highest BCUT2D eigenvalue weighted by Crippen LogP contribution is 2.15. The molecule has 94 valence electrons. The van der Waals surface area contributed by atoms with Gasteiger partial charge >= 0.3 is 5.97 Å². The van der Waals surface area contributed by atoms with E-state index in [1.54, 1.807) is 11.8 Å². The summed E-state index contributed by atoms with van der Waals surface area (Å²) in [6.45, 7) is 1.85. The lowest BCUT2D eigenvalue weighted by Gasteiger charge is -2.20. The molecule has 0 saturated carbocycles. The number of anilines is 1. The van der Waals surface area contributed by atoms with Gasteiger partial charge in [0.05, 0.1) is 6.54 Å². The van der Waals surface area contributed by atoms with E-state index in [2.05, 4.69) is 10.2 Å². The van der Waals surface area contributed by atoms with Crippen LogP contribution in [0.5, 0.6) is 0 Å². The predicted molar refractivity (Wildman–Crippen MR) is 64.2 cm³/mol. The van der Waals surface area contributed by atoms with Crippen molar-refractivity contribution in [2.24, 2.45) is 0 Å². The maximum absolute atomic E-state index is 10.9. The van der Waals surface area contributed by atoms with E-state index in [1.807, 2.05) is 30.3 Å². The molecule has 2 rings (SSSR count). The Morgan fingerprint density at radius 1 is 1.33 bits per heavy atom. The second-order valence-electron chi connectivity index (χ2n) is 3.80. The Kier molecular flexibility index (Phi) is 3.57. The van der Waals surface area contributed by atoms with Crippen LogP contribution in [0.25, 0.3) is 0 Å². The minimum atomic E-state index is -0.907. The monoisotopic (exact) mass is 247 g/mol. The summed E-state index contributed by atoms with van der Waals surface area (Å²) in [6, 6.07) is 9.25. The maximum atomic E-state index is 10.9. The van der Waals surface area contributed by atoms with Gasteiger partial charge in [0.15, 0.2) is 0 Å². The topological polar surface area (TPSA) is 79.5 Å². The molecule has 0 radical (unpaired) electrons. The van der Waals surface area contributed by atoms with Crippen LogP contribution in [0, 0.1) is 6.92 Å². The third-order valence-electron chi connectivity index (χ3n) is 2.34. The van der Waals surface area contributed by atoms with Crippen LogP contribution in [-0.2, 0) is 11.3 Å². The van der Waals surface area contributed by atoms with E-state index in [9.17, 15) is 4.79 Å². The Bertz CT molecular complexity index is 524. The van der Waals surface area contributed by atoms with Crippen molar-refractivity contribution in [1.29, 1.82) is 0 Å². The molecular formula is C12H13N3O3. The molecule has 0 atom stereocenters. The number of carboxylic acids is 1. The van der Waals surface area contributed by atoms with Gasteiger partial charge in [-0.1, -0.05) is 18.2 Å². The van der Waals surface area contributed by atoms with Crippen molar-refractivity contribution in [1.82, 2.24) is 10.2 Å². The van der Waals surface area contributed by atoms with Gasteiger partial charge in [0, 0.05) is 12.6 Å². The van der Waals surface area contributed by atoms with Gasteiger partial charge in [0.1, 0.15) is 6.54 Å². The van der Waals surface area contributed by atoms with Gasteiger partial charge in [-0.3, -0.25) is 4.79 Å². The Labute approximate surface area is 104 Å². The lowest BCUT2D eigenvalue weighted by molar-refractivity contribution is -0.135. The number of hydrogen-bond acceptors (Lipinski definition) is 5. The molecule has 0 aliphatic rings. The van der Waals surface area contributed by atoms with Crippen LogP contribution in [0.1, 0.15) is 11.8 Å². The molecule has 0 amide bonds. The standard InChI is InChI=1S/C12H13N3O3/c1-9-13-14-11(18-9)7-15(8-12(16)17)10-5-3-2-4-6-10/h2-6H,7-8H2,1H3,(H,16,17). The lowest BCUT2D eigenvalue weighted by Crippen LogP contribution is -2.29. The molecule has 0 fully saturated rings. The molecule has 0 aliphatic heterocycles. The predicted octanol–water partition coefficient (Wildman–Crippen LogP) is 1.47. The van der Waals surface area contributed by atoms with Crippen molar-refractivity contribution in [3.63, 3.8) is 0 Å². The average Bonchev–Trinajstić information content (AvgIpc) is 2.75. The first kappa shape index (κ1) is 12.1. The van der Waals surface area contributed by atoms with Crippen molar-refractivity contribution in [2.45, 2.75) is 13.5 Å². The number of carbonyl (C=O) groups is 1. The van der Waals surface area contributed by atoms with E-state index in [1.165, 1.54) is 0 Å². The number of benzene rings is 1. The van der Waals surface area contributed by atoms with Crippen molar-refractivity contribution >= 4 is 11.7 Å². The van der Waals surface area contributed by atoms with Crippen molar-refractivity contribution < 1.29 is 14.3 Å². The molecule has 0 spiro atoms. The normalized spacial score (nSPS) is 10.3. The van der Waals surface area contributed by atoms with Crippen LogP contribution < -0.4 is 4.90 Å². The van der Waals surface area contributed by atoms with E-state index in [-0.39, 0.29) is 13.1 Å². The molecule has 1 N–H and O–H groups in total. The number of aromatic nitrogens is 2. The molecule has 6 heteroatoms. The largest absolute Gasteiger partial charge is 0.480 e. The number of para-hydroxylation sites is 1. The second kappa shape index (κ2) is 5.31. The zero-order chi connectivity index (χ0) is 13.0. The fraction of sp³-hybridized carbons (Fsp3) is 0.250. The van der Waals surface area contributed by atoms with E-state index in [4.69, 9.17) is 9.52 Å². The summed E-state index contributed by atoms with van der Waals surface area (Å²) < 4.78 is 5.26. The van der Waals surface area contributed by atoms with Crippen LogP contribution in [0.4, 0.5) is 5.69 Å². The van der Waals surface area contributed by atoms with Gasteiger partial charge in [-0.15, -0.1) is 10.2 Å². The third-order valence-corrected chi connectivity index (χ3v) is 2.34. The maximum Gasteiger partial charge on any atom is 0.323 e. The average molecular weight is 247 g/mol. The molecule has 2 aromatic rings. The van der Waals surface area contributed by atoms with Crippen molar-refractivity contribution in [3.8, 4) is 0 Å². The zero-order valence-electron chi connectivity index (χ0n) is 9.91. The van der Waals surface area contributed by atoms with E-state index < -0.39 is 5.97 Å². The fourth-order valence-electron chi connectivity index (χ4n) is 1.61. The van der Waals surface area contributed by atoms with Crippen LogP contribution in [0.2, 0.25) is 0 Å². The van der Waals surface area contributed by atoms with Gasteiger partial charge in [0.25, 0.3) is 0 Å². The SMILES string of the molecule is Cc1nnc(CN(CC(=O)O)c2ccccc2)o1. The van der Waals surface area contributed by atoms with E-state index in [0.29, 0.717) is 11.8 Å².